The Bertz CT molecular complexity index is 1310. The van der Waals surface area contributed by atoms with E-state index in [1.807, 2.05) is 4.72 Å². The molecule has 12 heteroatoms. The molecule has 0 fully saturated rings. The number of hydrogen-bond donors (Lipinski definition) is 4. The van der Waals surface area contributed by atoms with Crippen LogP contribution in [0.3, 0.4) is 0 Å². The van der Waals surface area contributed by atoms with E-state index in [0.29, 0.717) is 30.8 Å². The van der Waals surface area contributed by atoms with Gasteiger partial charge in [-0.25, -0.2) is 8.42 Å². The minimum Gasteiger partial charge on any atom is -0.493 e. The molecule has 0 aliphatic heterocycles. The first-order valence-electron chi connectivity index (χ1n) is 10.6. The molecule has 2 aromatic heterocycles. The van der Waals surface area contributed by atoms with Crippen molar-refractivity contribution in [3.8, 4) is 5.75 Å². The fourth-order valence-corrected chi connectivity index (χ4v) is 4.24. The van der Waals surface area contributed by atoms with E-state index in [0.717, 1.165) is 6.07 Å². The number of aliphatic carboxylic acids is 1. The highest BCUT2D eigenvalue weighted by Gasteiger charge is 2.26. The SMILES string of the molecule is C=C/C=C(\C=C/C)S(=O)(=O)NC(CNC(=O)c1cc(=O)n2ccc(OCCCN)cc2c1)C(=O)O. The van der Waals surface area contributed by atoms with Gasteiger partial charge in [-0.2, -0.15) is 4.72 Å². The average Bonchev–Trinajstić information content (AvgIpc) is 2.81. The number of fused-ring (bicyclic) bond motifs is 1. The molecule has 2 heterocycles. The summed E-state index contributed by atoms with van der Waals surface area (Å²) in [7, 11) is -4.21. The number of aromatic nitrogens is 1. The molecule has 0 bridgehead atoms. The number of amides is 1. The Morgan fingerprint density at radius 3 is 2.69 bits per heavy atom. The zero-order valence-electron chi connectivity index (χ0n) is 19.1. The van der Waals surface area contributed by atoms with Crippen molar-refractivity contribution in [2.45, 2.75) is 19.4 Å². The lowest BCUT2D eigenvalue weighted by atomic mass is 10.2. The Balaban J connectivity index is 2.21. The largest absolute Gasteiger partial charge is 0.493 e. The maximum Gasteiger partial charge on any atom is 0.323 e. The minimum absolute atomic E-state index is 0.0257. The summed E-state index contributed by atoms with van der Waals surface area (Å²) in [5, 5.41) is 11.8. The molecular weight excluding hydrogens is 476 g/mol. The van der Waals surface area contributed by atoms with E-state index < -0.39 is 40.0 Å². The number of hydrogen-bond acceptors (Lipinski definition) is 7. The monoisotopic (exact) mass is 504 g/mol. The number of rotatable bonds is 13. The van der Waals surface area contributed by atoms with Crippen LogP contribution in [0.1, 0.15) is 23.7 Å². The lowest BCUT2D eigenvalue weighted by Crippen LogP contribution is -2.48. The van der Waals surface area contributed by atoms with Crippen LogP contribution in [-0.2, 0) is 14.8 Å². The van der Waals surface area contributed by atoms with Crippen molar-refractivity contribution in [2.24, 2.45) is 5.73 Å². The van der Waals surface area contributed by atoms with Crippen molar-refractivity contribution in [1.82, 2.24) is 14.4 Å². The summed E-state index contributed by atoms with van der Waals surface area (Å²) in [6.45, 7) is 5.33. The number of carboxylic acid groups (broad SMARTS) is 1. The van der Waals surface area contributed by atoms with Crippen molar-refractivity contribution < 1.29 is 27.9 Å². The first-order chi connectivity index (χ1) is 16.6. The molecule has 188 valence electrons. The van der Waals surface area contributed by atoms with Crippen molar-refractivity contribution in [2.75, 3.05) is 19.7 Å². The van der Waals surface area contributed by atoms with E-state index >= 15 is 0 Å². The topological polar surface area (TPSA) is 169 Å². The van der Waals surface area contributed by atoms with E-state index in [2.05, 4.69) is 11.9 Å². The smallest absolute Gasteiger partial charge is 0.323 e. The summed E-state index contributed by atoms with van der Waals surface area (Å²) in [6.07, 6.45) is 7.35. The van der Waals surface area contributed by atoms with Crippen molar-refractivity contribution in [3.05, 3.63) is 82.2 Å². The fourth-order valence-electron chi connectivity index (χ4n) is 2.95. The van der Waals surface area contributed by atoms with E-state index in [1.165, 1.54) is 41.0 Å². The van der Waals surface area contributed by atoms with Gasteiger partial charge in [0.1, 0.15) is 11.8 Å². The number of carboxylic acids is 1. The number of sulfonamides is 1. The summed E-state index contributed by atoms with van der Waals surface area (Å²) in [5.74, 6) is -1.76. The molecule has 35 heavy (non-hydrogen) atoms. The van der Waals surface area contributed by atoms with Crippen LogP contribution in [0.25, 0.3) is 5.52 Å². The van der Waals surface area contributed by atoms with Crippen LogP contribution in [0.4, 0.5) is 0 Å². The van der Waals surface area contributed by atoms with Crippen LogP contribution in [0.5, 0.6) is 5.75 Å². The van der Waals surface area contributed by atoms with Crippen molar-refractivity contribution in [3.63, 3.8) is 0 Å². The Hall–Kier alpha value is -3.74. The molecule has 1 unspecified atom stereocenters. The van der Waals surface area contributed by atoms with Gasteiger partial charge < -0.3 is 20.9 Å². The van der Waals surface area contributed by atoms with Crippen LogP contribution < -0.4 is 26.1 Å². The lowest BCUT2D eigenvalue weighted by Gasteiger charge is -2.16. The predicted octanol–water partition coefficient (Wildman–Crippen LogP) is 0.776. The molecule has 2 aromatic rings. The fraction of sp³-hybridized carbons (Fsp3) is 0.261. The highest BCUT2D eigenvalue weighted by atomic mass is 32.2. The predicted molar refractivity (Wildman–Crippen MR) is 132 cm³/mol. The third kappa shape index (κ3) is 7.64. The molecular formula is C23H28N4O7S. The van der Waals surface area contributed by atoms with Gasteiger partial charge in [-0.3, -0.25) is 18.8 Å². The Labute approximate surface area is 202 Å². The third-order valence-electron chi connectivity index (χ3n) is 4.64. The second kappa shape index (κ2) is 12.6. The van der Waals surface area contributed by atoms with E-state index in [9.17, 15) is 27.9 Å². The van der Waals surface area contributed by atoms with Crippen molar-refractivity contribution in [1.29, 1.82) is 0 Å². The maximum atomic E-state index is 12.7. The molecule has 0 saturated carbocycles. The molecule has 2 rings (SSSR count). The Morgan fingerprint density at radius 1 is 1.31 bits per heavy atom. The number of pyridine rings is 2. The second-order valence-electron chi connectivity index (χ2n) is 7.26. The lowest BCUT2D eigenvalue weighted by molar-refractivity contribution is -0.138. The molecule has 0 aliphatic rings. The van der Waals surface area contributed by atoms with Gasteiger partial charge in [0.15, 0.2) is 0 Å². The number of carbonyl (C=O) groups is 2. The Kier molecular flexibility index (Phi) is 9.94. The number of ether oxygens (including phenoxy) is 1. The zero-order valence-corrected chi connectivity index (χ0v) is 20.0. The second-order valence-corrected chi connectivity index (χ2v) is 8.97. The molecule has 0 spiro atoms. The molecule has 11 nitrogen and oxygen atoms in total. The first-order valence-corrected chi connectivity index (χ1v) is 12.1. The zero-order chi connectivity index (χ0) is 26.0. The summed E-state index contributed by atoms with van der Waals surface area (Å²) < 4.78 is 34.0. The van der Waals surface area contributed by atoms with Gasteiger partial charge in [0.2, 0.25) is 10.0 Å². The van der Waals surface area contributed by atoms with E-state index in [-0.39, 0.29) is 10.5 Å². The number of nitrogens with zero attached hydrogens (tertiary/aromatic N) is 1. The van der Waals surface area contributed by atoms with Gasteiger partial charge in [0, 0.05) is 30.4 Å². The molecule has 0 aliphatic carbocycles. The highest BCUT2D eigenvalue weighted by Crippen LogP contribution is 2.15. The summed E-state index contributed by atoms with van der Waals surface area (Å²) in [5.41, 5.74) is 5.32. The normalized spacial score (nSPS) is 13.0. The number of nitrogens with one attached hydrogen (secondary N) is 2. The quantitative estimate of drug-likeness (QED) is 0.229. The number of carbonyl (C=O) groups excluding carboxylic acids is 1. The van der Waals surface area contributed by atoms with Gasteiger partial charge >= 0.3 is 5.97 Å². The van der Waals surface area contributed by atoms with Gasteiger partial charge in [0.05, 0.1) is 17.0 Å². The first kappa shape index (κ1) is 27.5. The molecule has 0 aromatic carbocycles. The minimum atomic E-state index is -4.21. The van der Waals surface area contributed by atoms with Gasteiger partial charge in [-0.05, 0) is 44.2 Å². The summed E-state index contributed by atoms with van der Waals surface area (Å²) in [6, 6.07) is 4.05. The van der Waals surface area contributed by atoms with E-state index in [1.54, 1.807) is 19.1 Å². The molecule has 1 amide bonds. The van der Waals surface area contributed by atoms with Crippen LogP contribution >= 0.6 is 0 Å². The number of nitrogens with two attached hydrogens (primary N) is 1. The van der Waals surface area contributed by atoms with Crippen LogP contribution in [-0.4, -0.2) is 55.5 Å². The summed E-state index contributed by atoms with van der Waals surface area (Å²) in [4.78, 5) is 36.5. The Morgan fingerprint density at radius 2 is 2.06 bits per heavy atom. The van der Waals surface area contributed by atoms with Gasteiger partial charge in [-0.1, -0.05) is 18.7 Å². The van der Waals surface area contributed by atoms with Crippen molar-refractivity contribution >= 4 is 27.4 Å². The molecule has 1 atom stereocenters. The van der Waals surface area contributed by atoms with Crippen LogP contribution in [0, 0.1) is 0 Å². The average molecular weight is 505 g/mol. The maximum absolute atomic E-state index is 12.7. The molecule has 0 saturated heterocycles. The third-order valence-corrected chi connectivity index (χ3v) is 6.13. The highest BCUT2D eigenvalue weighted by molar-refractivity contribution is 7.93. The number of allylic oxidation sites excluding steroid dienone is 4. The van der Waals surface area contributed by atoms with Gasteiger partial charge in [-0.15, -0.1) is 0 Å². The molecule has 5 N–H and O–H groups in total. The summed E-state index contributed by atoms with van der Waals surface area (Å²) >= 11 is 0. The standard InChI is InChI=1S/C23H28N4O7S/c1-3-6-19(7-4-2)35(32,33)26-20(23(30)31)15-25-22(29)16-12-17-14-18(34-11-5-9-24)8-10-27(17)21(28)13-16/h3-4,6-8,10,12-14,20,26H,1,5,9,11,15,24H2,2H3,(H,25,29)(H,30,31)/b7-4-,19-6+. The van der Waals surface area contributed by atoms with Crippen LogP contribution in [0.15, 0.2) is 71.0 Å². The molecule has 0 radical (unpaired) electrons. The van der Waals surface area contributed by atoms with Crippen LogP contribution in [0.2, 0.25) is 0 Å². The van der Waals surface area contributed by atoms with E-state index in [4.69, 9.17) is 10.5 Å². The van der Waals surface area contributed by atoms with Gasteiger partial charge in [0.25, 0.3) is 11.5 Å².